The van der Waals surface area contributed by atoms with Gasteiger partial charge in [-0.25, -0.2) is 0 Å². The van der Waals surface area contributed by atoms with Crippen LogP contribution in [-0.2, 0) is 4.74 Å². The van der Waals surface area contributed by atoms with Crippen molar-refractivity contribution in [3.8, 4) is 0 Å². The van der Waals surface area contributed by atoms with E-state index in [1.165, 1.54) is 24.0 Å². The summed E-state index contributed by atoms with van der Waals surface area (Å²) in [4.78, 5) is 15.0. The van der Waals surface area contributed by atoms with Gasteiger partial charge in [0.05, 0.1) is 12.1 Å². The third-order valence-corrected chi connectivity index (χ3v) is 5.62. The molecule has 1 aromatic rings. The highest BCUT2D eigenvalue weighted by Crippen LogP contribution is 2.39. The van der Waals surface area contributed by atoms with Gasteiger partial charge in [-0.2, -0.15) is 0 Å². The molecule has 0 unspecified atom stereocenters. The fraction of sp³-hybridized carbons (Fsp3) is 0.632. The van der Waals surface area contributed by atoms with Crippen LogP contribution in [0.15, 0.2) is 18.2 Å². The van der Waals surface area contributed by atoms with Crippen LogP contribution < -0.4 is 5.32 Å². The van der Waals surface area contributed by atoms with E-state index >= 15 is 0 Å². The highest BCUT2D eigenvalue weighted by atomic mass is 16.5. The fourth-order valence-electron chi connectivity index (χ4n) is 4.34. The van der Waals surface area contributed by atoms with E-state index in [0.717, 1.165) is 44.5 Å². The first-order valence-corrected chi connectivity index (χ1v) is 9.04. The summed E-state index contributed by atoms with van der Waals surface area (Å²) in [5.41, 5.74) is 3.32. The highest BCUT2D eigenvalue weighted by Gasteiger charge is 2.39. The number of nitrogens with one attached hydrogen (secondary N) is 1. The standard InChI is InChI=1S/C19H26N2O2/c1-13-17-11-14(18-6-2-3-10-23-18)7-8-16(17)19(22)21(13)15-5-4-9-20-12-15/h7-8,11,13,15,18,20H,2-6,9-10,12H2,1H3/t13-,15+,18+/m1/s1. The van der Waals surface area contributed by atoms with Gasteiger partial charge in [0.15, 0.2) is 0 Å². The molecule has 1 amide bonds. The van der Waals surface area contributed by atoms with E-state index in [-0.39, 0.29) is 18.1 Å². The summed E-state index contributed by atoms with van der Waals surface area (Å²) in [6.07, 6.45) is 5.96. The minimum Gasteiger partial charge on any atom is -0.374 e. The molecule has 1 N–H and O–H groups in total. The number of hydrogen-bond acceptors (Lipinski definition) is 3. The number of benzene rings is 1. The summed E-state index contributed by atoms with van der Waals surface area (Å²) >= 11 is 0. The molecular formula is C19H26N2O2. The van der Waals surface area contributed by atoms with E-state index in [2.05, 4.69) is 29.3 Å². The van der Waals surface area contributed by atoms with Gasteiger partial charge in [0.25, 0.3) is 5.91 Å². The van der Waals surface area contributed by atoms with Crippen molar-refractivity contribution in [1.82, 2.24) is 10.2 Å². The summed E-state index contributed by atoms with van der Waals surface area (Å²) in [7, 11) is 0. The molecule has 0 radical (unpaired) electrons. The Morgan fingerprint density at radius 2 is 2.13 bits per heavy atom. The second-order valence-electron chi connectivity index (χ2n) is 7.09. The van der Waals surface area contributed by atoms with Crippen LogP contribution >= 0.6 is 0 Å². The molecule has 0 aromatic heterocycles. The fourth-order valence-corrected chi connectivity index (χ4v) is 4.34. The van der Waals surface area contributed by atoms with Gasteiger partial charge in [-0.15, -0.1) is 0 Å². The Hall–Kier alpha value is -1.39. The zero-order chi connectivity index (χ0) is 15.8. The molecule has 3 heterocycles. The Morgan fingerprint density at radius 3 is 2.87 bits per heavy atom. The summed E-state index contributed by atoms with van der Waals surface area (Å²) < 4.78 is 5.92. The smallest absolute Gasteiger partial charge is 0.255 e. The Kier molecular flexibility index (Phi) is 4.12. The summed E-state index contributed by atoms with van der Waals surface area (Å²) in [6, 6.07) is 6.85. The molecule has 23 heavy (non-hydrogen) atoms. The van der Waals surface area contributed by atoms with Crippen LogP contribution in [0, 0.1) is 0 Å². The Labute approximate surface area is 138 Å². The van der Waals surface area contributed by atoms with Crippen LogP contribution in [0.2, 0.25) is 0 Å². The van der Waals surface area contributed by atoms with Gasteiger partial charge in [0, 0.05) is 24.8 Å². The zero-order valence-electron chi connectivity index (χ0n) is 13.9. The third-order valence-electron chi connectivity index (χ3n) is 5.62. The summed E-state index contributed by atoms with van der Waals surface area (Å²) in [5.74, 6) is 0.206. The first kappa shape index (κ1) is 15.2. The third kappa shape index (κ3) is 2.68. The van der Waals surface area contributed by atoms with Crippen molar-refractivity contribution in [3.63, 3.8) is 0 Å². The van der Waals surface area contributed by atoms with Crippen LogP contribution in [0.1, 0.15) is 72.7 Å². The van der Waals surface area contributed by atoms with Crippen molar-refractivity contribution < 1.29 is 9.53 Å². The Morgan fingerprint density at radius 1 is 1.22 bits per heavy atom. The monoisotopic (exact) mass is 314 g/mol. The predicted molar refractivity (Wildman–Crippen MR) is 89.5 cm³/mol. The number of rotatable bonds is 2. The van der Waals surface area contributed by atoms with Gasteiger partial charge in [-0.3, -0.25) is 4.79 Å². The molecule has 1 aromatic carbocycles. The molecule has 3 aliphatic rings. The van der Waals surface area contributed by atoms with Crippen LogP contribution in [0.25, 0.3) is 0 Å². The average Bonchev–Trinajstić information content (AvgIpc) is 2.87. The topological polar surface area (TPSA) is 41.6 Å². The second-order valence-corrected chi connectivity index (χ2v) is 7.09. The molecule has 4 heteroatoms. The first-order valence-electron chi connectivity index (χ1n) is 9.04. The zero-order valence-corrected chi connectivity index (χ0v) is 13.9. The van der Waals surface area contributed by atoms with Gasteiger partial charge in [0.2, 0.25) is 0 Å². The van der Waals surface area contributed by atoms with E-state index in [1.807, 2.05) is 6.07 Å². The lowest BCUT2D eigenvalue weighted by molar-refractivity contribution is 0.0149. The maximum atomic E-state index is 12.9. The first-order chi connectivity index (χ1) is 11.3. The second kappa shape index (κ2) is 6.25. The van der Waals surface area contributed by atoms with Gasteiger partial charge in [-0.05, 0) is 62.8 Å². The van der Waals surface area contributed by atoms with Gasteiger partial charge in [-0.1, -0.05) is 12.1 Å². The normalized spacial score (nSPS) is 31.3. The van der Waals surface area contributed by atoms with Crippen LogP contribution in [0.5, 0.6) is 0 Å². The van der Waals surface area contributed by atoms with E-state index in [1.54, 1.807) is 0 Å². The number of piperidine rings is 1. The maximum absolute atomic E-state index is 12.9. The number of carbonyl (C=O) groups excluding carboxylic acids is 1. The molecule has 4 nitrogen and oxygen atoms in total. The quantitative estimate of drug-likeness (QED) is 0.911. The van der Waals surface area contributed by atoms with Gasteiger partial charge >= 0.3 is 0 Å². The molecule has 4 rings (SSSR count). The molecule has 0 spiro atoms. The summed E-state index contributed by atoms with van der Waals surface area (Å²) in [6.45, 7) is 5.02. The van der Waals surface area contributed by atoms with E-state index < -0.39 is 0 Å². The van der Waals surface area contributed by atoms with E-state index in [0.29, 0.717) is 6.04 Å². The maximum Gasteiger partial charge on any atom is 0.255 e. The molecule has 3 atom stereocenters. The Bertz CT molecular complexity index is 589. The number of amides is 1. The van der Waals surface area contributed by atoms with Crippen molar-refractivity contribution in [2.45, 2.75) is 57.2 Å². The number of ether oxygens (including phenoxy) is 1. The molecule has 124 valence electrons. The van der Waals surface area contributed by atoms with Crippen LogP contribution in [-0.4, -0.2) is 36.5 Å². The molecule has 0 aliphatic carbocycles. The molecular weight excluding hydrogens is 288 g/mol. The van der Waals surface area contributed by atoms with Crippen molar-refractivity contribution in [3.05, 3.63) is 34.9 Å². The lowest BCUT2D eigenvalue weighted by atomic mass is 9.96. The highest BCUT2D eigenvalue weighted by molar-refractivity contribution is 5.99. The largest absolute Gasteiger partial charge is 0.374 e. The minimum absolute atomic E-state index is 0.172. The lowest BCUT2D eigenvalue weighted by Crippen LogP contribution is -2.47. The number of fused-ring (bicyclic) bond motifs is 1. The van der Waals surface area contributed by atoms with Crippen molar-refractivity contribution in [2.75, 3.05) is 19.7 Å². The molecule has 0 saturated carbocycles. The minimum atomic E-state index is 0.172. The summed E-state index contributed by atoms with van der Waals surface area (Å²) in [5, 5.41) is 3.43. The SMILES string of the molecule is C[C@@H]1c2cc([C@@H]3CCCCO3)ccc2C(=O)N1[C@H]1CCCNC1. The van der Waals surface area contributed by atoms with E-state index in [4.69, 9.17) is 4.74 Å². The molecule has 2 saturated heterocycles. The predicted octanol–water partition coefficient (Wildman–Crippen LogP) is 3.20. The van der Waals surface area contributed by atoms with Gasteiger partial charge in [0.1, 0.15) is 0 Å². The van der Waals surface area contributed by atoms with Crippen molar-refractivity contribution in [1.29, 1.82) is 0 Å². The number of nitrogens with zero attached hydrogens (tertiary/aromatic N) is 1. The van der Waals surface area contributed by atoms with Crippen LogP contribution in [0.4, 0.5) is 0 Å². The molecule has 0 bridgehead atoms. The van der Waals surface area contributed by atoms with Crippen molar-refractivity contribution in [2.24, 2.45) is 0 Å². The lowest BCUT2D eigenvalue weighted by Gasteiger charge is -2.34. The number of carbonyl (C=O) groups is 1. The average molecular weight is 314 g/mol. The van der Waals surface area contributed by atoms with E-state index in [9.17, 15) is 4.79 Å². The number of hydrogen-bond donors (Lipinski definition) is 1. The van der Waals surface area contributed by atoms with Crippen molar-refractivity contribution >= 4 is 5.91 Å². The van der Waals surface area contributed by atoms with Gasteiger partial charge < -0.3 is 15.0 Å². The molecule has 2 fully saturated rings. The molecule has 3 aliphatic heterocycles. The Balaban J connectivity index is 1.60. The van der Waals surface area contributed by atoms with Crippen LogP contribution in [0.3, 0.4) is 0 Å².